The normalized spacial score (nSPS) is 13.5. The molecule has 4 rings (SSSR count). The van der Waals surface area contributed by atoms with Gasteiger partial charge in [0.1, 0.15) is 5.75 Å². The number of hydrogen-bond donors (Lipinski definition) is 2. The minimum absolute atomic E-state index is 0.121. The Kier molecular flexibility index (Phi) is 6.69. The van der Waals surface area contributed by atoms with Crippen LogP contribution in [-0.2, 0) is 9.53 Å². The Morgan fingerprint density at radius 2 is 1.77 bits per heavy atom. The number of anilines is 3. The summed E-state index contributed by atoms with van der Waals surface area (Å²) in [6, 6.07) is 23.4. The van der Waals surface area contributed by atoms with E-state index < -0.39 is 0 Å². The number of ether oxygens (including phenoxy) is 2. The van der Waals surface area contributed by atoms with Gasteiger partial charge in [0.25, 0.3) is 0 Å². The Bertz CT molecular complexity index is 1010. The van der Waals surface area contributed by atoms with Crippen molar-refractivity contribution in [3.63, 3.8) is 0 Å². The van der Waals surface area contributed by atoms with Gasteiger partial charge < -0.3 is 25.0 Å². The third-order valence-corrected chi connectivity index (χ3v) is 5.07. The monoisotopic (exact) mass is 417 g/mol. The molecular formula is C25H27N3O3. The van der Waals surface area contributed by atoms with E-state index in [9.17, 15) is 4.79 Å². The Balaban J connectivity index is 1.33. The van der Waals surface area contributed by atoms with E-state index in [1.54, 1.807) is 0 Å². The molecule has 1 aliphatic rings. The van der Waals surface area contributed by atoms with E-state index in [2.05, 4.69) is 15.5 Å². The van der Waals surface area contributed by atoms with Crippen molar-refractivity contribution in [2.45, 2.75) is 6.92 Å². The summed E-state index contributed by atoms with van der Waals surface area (Å²) in [5, 5.41) is 6.11. The van der Waals surface area contributed by atoms with Crippen LogP contribution < -0.4 is 20.3 Å². The second kappa shape index (κ2) is 10.00. The Morgan fingerprint density at radius 3 is 2.55 bits per heavy atom. The van der Waals surface area contributed by atoms with E-state index >= 15 is 0 Å². The summed E-state index contributed by atoms with van der Waals surface area (Å²) in [7, 11) is 0. The van der Waals surface area contributed by atoms with Crippen molar-refractivity contribution in [2.75, 3.05) is 48.4 Å². The van der Waals surface area contributed by atoms with E-state index in [1.165, 1.54) is 0 Å². The van der Waals surface area contributed by atoms with Crippen LogP contribution >= 0.6 is 0 Å². The largest absolute Gasteiger partial charge is 0.455 e. The molecule has 3 aromatic carbocycles. The molecule has 0 unspecified atom stereocenters. The minimum Gasteiger partial charge on any atom is -0.455 e. The van der Waals surface area contributed by atoms with Gasteiger partial charge in [-0.15, -0.1) is 0 Å². The standard InChI is InChI=1S/C25H27N3O3/c1-19-5-4-6-22(17-19)31-24-8-3-2-7-23(24)26-18-25(29)27-20-9-11-21(12-10-20)28-13-15-30-16-14-28/h2-12,17,26H,13-16,18H2,1H3,(H,27,29). The Morgan fingerprint density at radius 1 is 1.00 bits per heavy atom. The number of carbonyl (C=O) groups excluding carboxylic acids is 1. The van der Waals surface area contributed by atoms with Crippen LogP contribution in [0.3, 0.4) is 0 Å². The quantitative estimate of drug-likeness (QED) is 0.585. The molecule has 31 heavy (non-hydrogen) atoms. The fourth-order valence-electron chi connectivity index (χ4n) is 3.47. The lowest BCUT2D eigenvalue weighted by molar-refractivity contribution is -0.114. The van der Waals surface area contributed by atoms with Gasteiger partial charge in [-0.25, -0.2) is 0 Å². The first-order chi connectivity index (χ1) is 15.2. The van der Waals surface area contributed by atoms with Gasteiger partial charge in [0, 0.05) is 24.5 Å². The maximum atomic E-state index is 12.4. The fourth-order valence-corrected chi connectivity index (χ4v) is 3.47. The zero-order valence-electron chi connectivity index (χ0n) is 17.6. The van der Waals surface area contributed by atoms with E-state index in [0.717, 1.165) is 54.7 Å². The number of aryl methyl sites for hydroxylation is 1. The number of rotatable bonds is 7. The van der Waals surface area contributed by atoms with Crippen LogP contribution in [0.1, 0.15) is 5.56 Å². The van der Waals surface area contributed by atoms with Crippen molar-refractivity contribution in [1.29, 1.82) is 0 Å². The van der Waals surface area contributed by atoms with Gasteiger partial charge in [-0.2, -0.15) is 0 Å². The van der Waals surface area contributed by atoms with Crippen molar-refractivity contribution >= 4 is 23.0 Å². The number of benzene rings is 3. The average molecular weight is 418 g/mol. The van der Waals surface area contributed by atoms with Crippen LogP contribution in [0.25, 0.3) is 0 Å². The van der Waals surface area contributed by atoms with Crippen LogP contribution in [0.4, 0.5) is 17.1 Å². The highest BCUT2D eigenvalue weighted by Crippen LogP contribution is 2.29. The maximum Gasteiger partial charge on any atom is 0.243 e. The highest BCUT2D eigenvalue weighted by Gasteiger charge is 2.11. The molecule has 0 aromatic heterocycles. The molecular weight excluding hydrogens is 390 g/mol. The highest BCUT2D eigenvalue weighted by atomic mass is 16.5. The summed E-state index contributed by atoms with van der Waals surface area (Å²) >= 11 is 0. The minimum atomic E-state index is -0.121. The van der Waals surface area contributed by atoms with E-state index in [0.29, 0.717) is 5.75 Å². The molecule has 0 saturated carbocycles. The summed E-state index contributed by atoms with van der Waals surface area (Å²) in [4.78, 5) is 14.7. The molecule has 1 fully saturated rings. The lowest BCUT2D eigenvalue weighted by atomic mass is 10.2. The molecule has 3 aromatic rings. The number of para-hydroxylation sites is 2. The van der Waals surface area contributed by atoms with Crippen LogP contribution in [0.5, 0.6) is 11.5 Å². The lowest BCUT2D eigenvalue weighted by Gasteiger charge is -2.28. The molecule has 0 spiro atoms. The summed E-state index contributed by atoms with van der Waals surface area (Å²) in [6.07, 6.45) is 0. The van der Waals surface area contributed by atoms with Crippen LogP contribution in [0, 0.1) is 6.92 Å². The van der Waals surface area contributed by atoms with Gasteiger partial charge in [-0.05, 0) is 61.0 Å². The molecule has 0 atom stereocenters. The predicted octanol–water partition coefficient (Wildman–Crippen LogP) is 4.67. The third kappa shape index (κ3) is 5.77. The molecule has 6 heteroatoms. The summed E-state index contributed by atoms with van der Waals surface area (Å²) in [5.74, 6) is 1.32. The van der Waals surface area contributed by atoms with Gasteiger partial charge >= 0.3 is 0 Å². The van der Waals surface area contributed by atoms with Crippen molar-refractivity contribution in [2.24, 2.45) is 0 Å². The first kappa shape index (κ1) is 20.8. The second-order valence-electron chi connectivity index (χ2n) is 7.46. The van der Waals surface area contributed by atoms with E-state index in [1.807, 2.05) is 79.7 Å². The molecule has 0 bridgehead atoms. The molecule has 1 heterocycles. The molecule has 160 valence electrons. The van der Waals surface area contributed by atoms with Crippen molar-refractivity contribution in [1.82, 2.24) is 0 Å². The van der Waals surface area contributed by atoms with Crippen LogP contribution in [0.2, 0.25) is 0 Å². The first-order valence-electron chi connectivity index (χ1n) is 10.5. The molecule has 0 radical (unpaired) electrons. The van der Waals surface area contributed by atoms with Gasteiger partial charge in [0.05, 0.1) is 25.4 Å². The average Bonchev–Trinajstić information content (AvgIpc) is 2.80. The summed E-state index contributed by atoms with van der Waals surface area (Å²) in [6.45, 7) is 5.44. The summed E-state index contributed by atoms with van der Waals surface area (Å²) < 4.78 is 11.4. The number of carbonyl (C=O) groups is 1. The number of nitrogens with zero attached hydrogens (tertiary/aromatic N) is 1. The van der Waals surface area contributed by atoms with Gasteiger partial charge in [0.15, 0.2) is 5.75 Å². The Labute approximate surface area is 182 Å². The maximum absolute atomic E-state index is 12.4. The number of morpholine rings is 1. The molecule has 6 nitrogen and oxygen atoms in total. The lowest BCUT2D eigenvalue weighted by Crippen LogP contribution is -2.36. The Hall–Kier alpha value is -3.51. The number of amides is 1. The van der Waals surface area contributed by atoms with E-state index in [-0.39, 0.29) is 12.5 Å². The van der Waals surface area contributed by atoms with Crippen LogP contribution in [0.15, 0.2) is 72.8 Å². The zero-order chi connectivity index (χ0) is 21.5. The zero-order valence-corrected chi connectivity index (χ0v) is 17.6. The molecule has 1 aliphatic heterocycles. The highest BCUT2D eigenvalue weighted by molar-refractivity contribution is 5.94. The van der Waals surface area contributed by atoms with Crippen molar-refractivity contribution in [3.05, 3.63) is 78.4 Å². The SMILES string of the molecule is Cc1cccc(Oc2ccccc2NCC(=O)Nc2ccc(N3CCOCC3)cc2)c1. The number of hydrogen-bond acceptors (Lipinski definition) is 5. The van der Waals surface area contributed by atoms with Crippen molar-refractivity contribution < 1.29 is 14.3 Å². The molecule has 1 saturated heterocycles. The van der Waals surface area contributed by atoms with Gasteiger partial charge in [-0.1, -0.05) is 24.3 Å². The molecule has 1 amide bonds. The third-order valence-electron chi connectivity index (χ3n) is 5.07. The fraction of sp³-hybridized carbons (Fsp3) is 0.240. The first-order valence-corrected chi connectivity index (χ1v) is 10.5. The molecule has 2 N–H and O–H groups in total. The van der Waals surface area contributed by atoms with E-state index in [4.69, 9.17) is 9.47 Å². The smallest absolute Gasteiger partial charge is 0.243 e. The predicted molar refractivity (Wildman–Crippen MR) is 124 cm³/mol. The van der Waals surface area contributed by atoms with Gasteiger partial charge in [0.2, 0.25) is 5.91 Å². The summed E-state index contributed by atoms with van der Waals surface area (Å²) in [5.41, 5.74) is 3.80. The van der Waals surface area contributed by atoms with Crippen molar-refractivity contribution in [3.8, 4) is 11.5 Å². The topological polar surface area (TPSA) is 62.8 Å². The second-order valence-corrected chi connectivity index (χ2v) is 7.46. The molecule has 0 aliphatic carbocycles. The van der Waals surface area contributed by atoms with Crippen LogP contribution in [-0.4, -0.2) is 38.8 Å². The number of nitrogens with one attached hydrogen (secondary N) is 2. The van der Waals surface area contributed by atoms with Gasteiger partial charge in [-0.3, -0.25) is 4.79 Å².